The van der Waals surface area contributed by atoms with Gasteiger partial charge in [-0.05, 0) is 132 Å². The maximum absolute atomic E-state index is 6.96. The predicted octanol–water partition coefficient (Wildman–Crippen LogP) is 7.64. The van der Waals surface area contributed by atoms with Crippen LogP contribution >= 0.6 is 0 Å². The van der Waals surface area contributed by atoms with Gasteiger partial charge in [-0.25, -0.2) is 9.98 Å². The highest BCUT2D eigenvalue weighted by Gasteiger charge is 2.59. The monoisotopic (exact) mass is 850 g/mol. The first-order valence-electron chi connectivity index (χ1n) is 19.5. The molecule has 53 heavy (non-hydrogen) atoms. The van der Waals surface area contributed by atoms with E-state index in [0.29, 0.717) is 25.0 Å². The number of rotatable bonds is 16. The van der Waals surface area contributed by atoms with Crippen molar-refractivity contribution in [3.05, 3.63) is 0 Å². The highest BCUT2D eigenvalue weighted by atomic mass is 28.4. The second kappa shape index (κ2) is 15.9. The van der Waals surface area contributed by atoms with Crippen LogP contribution in [-0.2, 0) is 45.5 Å². The number of hydrogen-bond donors (Lipinski definition) is 0. The van der Waals surface area contributed by atoms with E-state index in [2.05, 4.69) is 118 Å². The van der Waals surface area contributed by atoms with Gasteiger partial charge in [-0.3, -0.25) is 0 Å². The van der Waals surface area contributed by atoms with Crippen LogP contribution in [0.1, 0.15) is 13.8 Å². The quantitative estimate of drug-likeness (QED) is 0.144. The molecular weight excluding hydrogens is 777 g/mol. The van der Waals surface area contributed by atoms with Gasteiger partial charge in [0.2, 0.25) is 24.4 Å². The van der Waals surface area contributed by atoms with E-state index in [1.54, 1.807) is 0 Å². The second-order valence-corrected chi connectivity index (χ2v) is 48.3. The van der Waals surface area contributed by atoms with E-state index in [0.717, 1.165) is 0 Å². The standard InChI is InChI=1S/C35H74N2O10Si6/c1-35(2,33-36-25-29(46-52(15,16)17)27(44-50(9,10)11)23(40-31(25)42-33)21-38-48(3,4)5)34-37-26-30(47-53(18,19)20)28(45-51(12,13)14)24(41-32(26)43-34)22-39-49(6,7)8/h23-32H,21-22H2,1-20H3/t23-,24-,25-,26-,27-,28-,29-,30-,31-,32-/m1/s1. The molecule has 18 heteroatoms. The van der Waals surface area contributed by atoms with Gasteiger partial charge in [0.25, 0.3) is 0 Å². The van der Waals surface area contributed by atoms with Crippen LogP contribution < -0.4 is 0 Å². The summed E-state index contributed by atoms with van der Waals surface area (Å²) in [4.78, 5) is 10.5. The molecule has 0 bridgehead atoms. The third-order valence-corrected chi connectivity index (χ3v) is 14.6. The average Bonchev–Trinajstić information content (AvgIpc) is 3.55. The summed E-state index contributed by atoms with van der Waals surface area (Å²) in [5, 5.41) is 0. The van der Waals surface area contributed by atoms with E-state index in [-0.39, 0.29) is 36.6 Å². The molecular formula is C35H74N2O10Si6. The normalized spacial score (nSPS) is 33.1. The molecule has 0 aromatic rings. The van der Waals surface area contributed by atoms with E-state index < -0.39 is 80.0 Å². The maximum atomic E-state index is 6.96. The van der Waals surface area contributed by atoms with Crippen molar-refractivity contribution in [3.63, 3.8) is 0 Å². The van der Waals surface area contributed by atoms with Gasteiger partial charge in [-0.1, -0.05) is 0 Å². The number of nitrogens with zero attached hydrogens (tertiary/aromatic N) is 2. The Morgan fingerprint density at radius 3 is 1.00 bits per heavy atom. The molecule has 0 aliphatic carbocycles. The van der Waals surface area contributed by atoms with Crippen molar-refractivity contribution in [2.45, 2.75) is 193 Å². The van der Waals surface area contributed by atoms with Gasteiger partial charge in [-0.15, -0.1) is 0 Å². The average molecular weight is 851 g/mol. The molecule has 308 valence electrons. The molecule has 0 unspecified atom stereocenters. The van der Waals surface area contributed by atoms with E-state index in [1.807, 2.05) is 13.8 Å². The zero-order valence-electron chi connectivity index (χ0n) is 36.7. The molecule has 4 rings (SSSR count). The Morgan fingerprint density at radius 1 is 0.453 bits per heavy atom. The lowest BCUT2D eigenvalue weighted by molar-refractivity contribution is -0.227. The molecule has 10 atom stereocenters. The highest BCUT2D eigenvalue weighted by molar-refractivity contribution is 6.71. The Balaban J connectivity index is 1.71. The minimum atomic E-state index is -2.07. The largest absolute Gasteiger partial charge is 0.448 e. The van der Waals surface area contributed by atoms with Crippen molar-refractivity contribution < 1.29 is 45.5 Å². The lowest BCUT2D eigenvalue weighted by atomic mass is 9.92. The fourth-order valence-corrected chi connectivity index (χ4v) is 12.3. The van der Waals surface area contributed by atoms with Crippen LogP contribution in [0, 0.1) is 5.41 Å². The minimum Gasteiger partial charge on any atom is -0.448 e. The van der Waals surface area contributed by atoms with Crippen LogP contribution in [0.4, 0.5) is 0 Å². The maximum Gasteiger partial charge on any atom is 0.227 e. The summed E-state index contributed by atoms with van der Waals surface area (Å²) in [5.41, 5.74) is -0.853. The van der Waals surface area contributed by atoms with Crippen LogP contribution in [0.5, 0.6) is 0 Å². The summed E-state index contributed by atoms with van der Waals surface area (Å²) in [6, 6.07) is -0.858. The molecule has 12 nitrogen and oxygen atoms in total. The van der Waals surface area contributed by atoms with Crippen molar-refractivity contribution in [3.8, 4) is 0 Å². The molecule has 2 fully saturated rings. The van der Waals surface area contributed by atoms with Crippen molar-refractivity contribution >= 4 is 61.7 Å². The summed E-state index contributed by atoms with van der Waals surface area (Å²) in [7, 11) is -11.9. The van der Waals surface area contributed by atoms with E-state index in [1.165, 1.54) is 0 Å². The SMILES string of the molecule is CC(C)(C1=N[C@H]2[C@@H](O1)O[C@H](CO[Si](C)(C)C)[C@@H](O[Si](C)(C)C)[C@@H]2O[Si](C)(C)C)C1=N[C@H]2[C@@H](O1)O[C@H](CO[Si](C)(C)C)[C@@H](O[Si](C)(C)C)[C@@H]2O[Si](C)(C)C. The van der Waals surface area contributed by atoms with Crippen LogP contribution in [0.15, 0.2) is 9.98 Å². The summed E-state index contributed by atoms with van der Waals surface area (Å²) in [6.07, 6.45) is -3.51. The van der Waals surface area contributed by atoms with Gasteiger partial charge in [0.05, 0.1) is 13.2 Å². The number of fused-ring (bicyclic) bond motifs is 2. The summed E-state index contributed by atoms with van der Waals surface area (Å²) >= 11 is 0. The van der Waals surface area contributed by atoms with Gasteiger partial charge in [0.15, 0.2) is 49.9 Å². The minimum absolute atomic E-state index is 0.352. The van der Waals surface area contributed by atoms with Gasteiger partial charge in [-0.2, -0.15) is 0 Å². The summed E-state index contributed by atoms with van der Waals surface area (Å²) in [5.74, 6) is 0.979. The van der Waals surface area contributed by atoms with Crippen molar-refractivity contribution in [1.82, 2.24) is 0 Å². The lowest BCUT2D eigenvalue weighted by Gasteiger charge is -2.46. The first-order chi connectivity index (χ1) is 23.7. The van der Waals surface area contributed by atoms with Crippen molar-refractivity contribution in [2.75, 3.05) is 13.2 Å². The van der Waals surface area contributed by atoms with Crippen LogP contribution in [-0.4, -0.2) is 136 Å². The zero-order chi connectivity index (χ0) is 40.3. The molecule has 0 spiro atoms. The Kier molecular flexibility index (Phi) is 13.7. The van der Waals surface area contributed by atoms with Gasteiger partial charge >= 0.3 is 0 Å². The number of hydrogen-bond acceptors (Lipinski definition) is 12. The number of aliphatic imine (C=N–C) groups is 2. The molecule has 0 radical (unpaired) electrons. The third-order valence-electron chi connectivity index (χ3n) is 8.61. The second-order valence-electron chi connectivity index (χ2n) is 21.4. The molecule has 0 amide bonds. The summed E-state index contributed by atoms with van der Waals surface area (Å²) in [6.45, 7) is 44.3. The molecule has 4 aliphatic rings. The molecule has 0 aromatic heterocycles. The Morgan fingerprint density at radius 2 is 0.736 bits per heavy atom. The molecule has 0 aromatic carbocycles. The van der Waals surface area contributed by atoms with Crippen molar-refractivity contribution in [2.24, 2.45) is 15.4 Å². The molecule has 4 aliphatic heterocycles. The van der Waals surface area contributed by atoms with Crippen molar-refractivity contribution in [1.29, 1.82) is 0 Å². The zero-order valence-corrected chi connectivity index (χ0v) is 42.7. The van der Waals surface area contributed by atoms with Crippen LogP contribution in [0.3, 0.4) is 0 Å². The van der Waals surface area contributed by atoms with Gasteiger partial charge < -0.3 is 45.5 Å². The predicted molar refractivity (Wildman–Crippen MR) is 227 cm³/mol. The summed E-state index contributed by atoms with van der Waals surface area (Å²) < 4.78 is 67.4. The van der Waals surface area contributed by atoms with E-state index >= 15 is 0 Å². The first kappa shape index (κ1) is 45.6. The first-order valence-corrected chi connectivity index (χ1v) is 40.0. The topological polar surface area (TPSA) is 117 Å². The van der Waals surface area contributed by atoms with Crippen LogP contribution in [0.25, 0.3) is 0 Å². The molecule has 2 saturated heterocycles. The Labute approximate surface area is 327 Å². The smallest absolute Gasteiger partial charge is 0.227 e. The highest BCUT2D eigenvalue weighted by Crippen LogP contribution is 2.42. The van der Waals surface area contributed by atoms with E-state index in [9.17, 15) is 0 Å². The van der Waals surface area contributed by atoms with Crippen LogP contribution in [0.2, 0.25) is 118 Å². The molecule has 4 heterocycles. The third kappa shape index (κ3) is 13.0. The fourth-order valence-electron chi connectivity index (χ4n) is 6.63. The van der Waals surface area contributed by atoms with E-state index in [4.69, 9.17) is 55.5 Å². The fraction of sp³-hybridized carbons (Fsp3) is 0.943. The Hall–Kier alpha value is -0.0787. The Bertz CT molecular complexity index is 1230. The van der Waals surface area contributed by atoms with Gasteiger partial charge in [0, 0.05) is 0 Å². The number of ether oxygens (including phenoxy) is 4. The lowest BCUT2D eigenvalue weighted by Crippen LogP contribution is -2.63. The molecule has 0 N–H and O–H groups in total. The molecule has 0 saturated carbocycles. The van der Waals surface area contributed by atoms with Gasteiger partial charge in [0.1, 0.15) is 54.1 Å².